The lowest BCUT2D eigenvalue weighted by molar-refractivity contribution is 0.599. The van der Waals surface area contributed by atoms with Crippen molar-refractivity contribution in [2.45, 2.75) is 43.5 Å². The molecule has 130 valence electrons. The summed E-state index contributed by atoms with van der Waals surface area (Å²) in [6.07, 6.45) is 9.29. The molecule has 2 unspecified atom stereocenters. The molecule has 1 aliphatic carbocycles. The van der Waals surface area contributed by atoms with E-state index in [-0.39, 0.29) is 0 Å². The largest absolute Gasteiger partial charge is 0.356 e. The minimum Gasteiger partial charge on any atom is -0.356 e. The zero-order valence-corrected chi connectivity index (χ0v) is 15.5. The number of hydrogen-bond donors (Lipinski definition) is 2. The third-order valence-corrected chi connectivity index (χ3v) is 5.93. The number of nitrogens with zero attached hydrogens (tertiary/aromatic N) is 2. The van der Waals surface area contributed by atoms with Gasteiger partial charge in [-0.25, -0.2) is 0 Å². The molecule has 0 saturated heterocycles. The number of thioether (sulfide) groups is 1. The molecule has 2 atom stereocenters. The van der Waals surface area contributed by atoms with Crippen molar-refractivity contribution in [2.24, 2.45) is 4.99 Å². The SMILES string of the molecule is CN=C(NCCCn1ccc2ccccc21)NC1CCC(SC)C1. The molecule has 1 aliphatic rings. The van der Waals surface area contributed by atoms with E-state index in [0.717, 1.165) is 30.7 Å². The molecular weight excluding hydrogens is 316 g/mol. The molecule has 1 aromatic heterocycles. The van der Waals surface area contributed by atoms with E-state index < -0.39 is 0 Å². The summed E-state index contributed by atoms with van der Waals surface area (Å²) in [4.78, 5) is 4.37. The first-order chi connectivity index (χ1) is 11.8. The molecule has 4 nitrogen and oxygen atoms in total. The normalized spacial score (nSPS) is 21.3. The van der Waals surface area contributed by atoms with E-state index >= 15 is 0 Å². The van der Waals surface area contributed by atoms with E-state index in [4.69, 9.17) is 0 Å². The Bertz CT molecular complexity index is 679. The number of guanidine groups is 1. The Balaban J connectivity index is 1.42. The number of para-hydroxylation sites is 1. The van der Waals surface area contributed by atoms with Crippen molar-refractivity contribution in [1.82, 2.24) is 15.2 Å². The van der Waals surface area contributed by atoms with Gasteiger partial charge in [-0.2, -0.15) is 11.8 Å². The van der Waals surface area contributed by atoms with Crippen molar-refractivity contribution in [2.75, 3.05) is 19.8 Å². The van der Waals surface area contributed by atoms with Crippen LogP contribution < -0.4 is 10.6 Å². The molecule has 2 N–H and O–H groups in total. The summed E-state index contributed by atoms with van der Waals surface area (Å²) >= 11 is 1.99. The van der Waals surface area contributed by atoms with Gasteiger partial charge in [0.25, 0.3) is 0 Å². The Morgan fingerprint density at radius 2 is 2.17 bits per heavy atom. The second-order valence-electron chi connectivity index (χ2n) is 6.43. The number of aryl methyl sites for hydroxylation is 1. The van der Waals surface area contributed by atoms with Gasteiger partial charge < -0.3 is 15.2 Å². The minimum atomic E-state index is 0.571. The Labute approximate surface area is 149 Å². The number of rotatable bonds is 6. The first kappa shape index (κ1) is 17.2. The molecule has 5 heteroatoms. The fourth-order valence-corrected chi connectivity index (χ4v) is 4.26. The van der Waals surface area contributed by atoms with Crippen molar-refractivity contribution in [3.8, 4) is 0 Å². The van der Waals surface area contributed by atoms with Gasteiger partial charge in [-0.15, -0.1) is 0 Å². The fourth-order valence-electron chi connectivity index (χ4n) is 3.47. The van der Waals surface area contributed by atoms with Crippen LogP contribution >= 0.6 is 11.8 Å². The number of nitrogens with one attached hydrogen (secondary N) is 2. The fraction of sp³-hybridized carbons (Fsp3) is 0.526. The van der Waals surface area contributed by atoms with E-state index in [2.05, 4.69) is 63.0 Å². The van der Waals surface area contributed by atoms with Gasteiger partial charge in [0.2, 0.25) is 0 Å². The lowest BCUT2D eigenvalue weighted by Crippen LogP contribution is -2.43. The van der Waals surface area contributed by atoms with Crippen LogP contribution in [0.2, 0.25) is 0 Å². The maximum Gasteiger partial charge on any atom is 0.191 e. The Morgan fingerprint density at radius 1 is 1.29 bits per heavy atom. The Kier molecular flexibility index (Phi) is 6.07. The van der Waals surface area contributed by atoms with Crippen LogP contribution in [-0.4, -0.2) is 41.7 Å². The van der Waals surface area contributed by atoms with Gasteiger partial charge in [0, 0.05) is 43.1 Å². The smallest absolute Gasteiger partial charge is 0.191 e. The van der Waals surface area contributed by atoms with Crippen molar-refractivity contribution in [3.63, 3.8) is 0 Å². The molecule has 3 rings (SSSR count). The van der Waals surface area contributed by atoms with E-state index in [1.807, 2.05) is 18.8 Å². The molecule has 0 aliphatic heterocycles. The third kappa shape index (κ3) is 4.26. The summed E-state index contributed by atoms with van der Waals surface area (Å²) in [5, 5.41) is 9.15. The van der Waals surface area contributed by atoms with Crippen molar-refractivity contribution in [1.29, 1.82) is 0 Å². The molecule has 1 saturated carbocycles. The molecule has 1 heterocycles. The summed E-state index contributed by atoms with van der Waals surface area (Å²) in [5.74, 6) is 0.944. The summed E-state index contributed by atoms with van der Waals surface area (Å²) in [7, 11) is 1.86. The summed E-state index contributed by atoms with van der Waals surface area (Å²) in [5.41, 5.74) is 1.31. The molecule has 0 amide bonds. The first-order valence-corrected chi connectivity index (χ1v) is 10.1. The highest BCUT2D eigenvalue weighted by atomic mass is 32.2. The monoisotopic (exact) mass is 344 g/mol. The van der Waals surface area contributed by atoms with Gasteiger partial charge in [0.1, 0.15) is 0 Å². The predicted molar refractivity (Wildman–Crippen MR) is 106 cm³/mol. The lowest BCUT2D eigenvalue weighted by Gasteiger charge is -2.17. The minimum absolute atomic E-state index is 0.571. The van der Waals surface area contributed by atoms with Gasteiger partial charge in [-0.05, 0) is 49.5 Å². The van der Waals surface area contributed by atoms with Crippen LogP contribution in [0.15, 0.2) is 41.5 Å². The lowest BCUT2D eigenvalue weighted by atomic mass is 10.2. The van der Waals surface area contributed by atoms with Crippen LogP contribution in [0.25, 0.3) is 10.9 Å². The number of benzene rings is 1. The Morgan fingerprint density at radius 3 is 2.96 bits per heavy atom. The van der Waals surface area contributed by atoms with Crippen molar-refractivity contribution < 1.29 is 0 Å². The second-order valence-corrected chi connectivity index (χ2v) is 7.57. The van der Waals surface area contributed by atoms with Crippen LogP contribution in [0.3, 0.4) is 0 Å². The van der Waals surface area contributed by atoms with E-state index in [0.29, 0.717) is 6.04 Å². The van der Waals surface area contributed by atoms with Gasteiger partial charge in [-0.1, -0.05) is 18.2 Å². The zero-order valence-electron chi connectivity index (χ0n) is 14.7. The zero-order chi connectivity index (χ0) is 16.8. The molecule has 1 fully saturated rings. The number of aliphatic imine (C=N–C) groups is 1. The van der Waals surface area contributed by atoms with E-state index in [1.54, 1.807) is 0 Å². The van der Waals surface area contributed by atoms with E-state index in [9.17, 15) is 0 Å². The summed E-state index contributed by atoms with van der Waals surface area (Å²) in [6, 6.07) is 11.3. The van der Waals surface area contributed by atoms with Crippen molar-refractivity contribution >= 4 is 28.6 Å². The maximum atomic E-state index is 4.37. The highest BCUT2D eigenvalue weighted by Crippen LogP contribution is 2.27. The molecule has 0 spiro atoms. The van der Waals surface area contributed by atoms with Crippen LogP contribution in [-0.2, 0) is 6.54 Å². The Hall–Kier alpha value is -1.62. The molecule has 0 radical (unpaired) electrons. The van der Waals surface area contributed by atoms with Crippen LogP contribution in [0.5, 0.6) is 0 Å². The topological polar surface area (TPSA) is 41.4 Å². The molecule has 0 bridgehead atoms. The standard InChI is InChI=1S/C19H28N4S/c1-20-19(22-16-8-9-17(14-16)24-2)21-11-5-12-23-13-10-15-6-3-4-7-18(15)23/h3-4,6-7,10,13,16-17H,5,8-9,11-12,14H2,1-2H3,(H2,20,21,22). The van der Waals surface area contributed by atoms with Gasteiger partial charge >= 0.3 is 0 Å². The first-order valence-electron chi connectivity index (χ1n) is 8.84. The summed E-state index contributed by atoms with van der Waals surface area (Å²) < 4.78 is 2.33. The predicted octanol–water partition coefficient (Wildman–Crippen LogP) is 3.48. The molecule has 24 heavy (non-hydrogen) atoms. The van der Waals surface area contributed by atoms with Gasteiger partial charge in [0.05, 0.1) is 0 Å². The van der Waals surface area contributed by atoms with Gasteiger partial charge in [-0.3, -0.25) is 4.99 Å². The molecule has 2 aromatic rings. The van der Waals surface area contributed by atoms with Crippen LogP contribution in [0.1, 0.15) is 25.7 Å². The van der Waals surface area contributed by atoms with E-state index in [1.165, 1.54) is 30.2 Å². The average Bonchev–Trinajstić information content (AvgIpc) is 3.24. The van der Waals surface area contributed by atoms with Crippen LogP contribution in [0.4, 0.5) is 0 Å². The number of aromatic nitrogens is 1. The average molecular weight is 345 g/mol. The second kappa shape index (κ2) is 8.47. The highest BCUT2D eigenvalue weighted by molar-refractivity contribution is 7.99. The van der Waals surface area contributed by atoms with Gasteiger partial charge in [0.15, 0.2) is 5.96 Å². The number of hydrogen-bond acceptors (Lipinski definition) is 2. The quantitative estimate of drug-likeness (QED) is 0.479. The maximum absolute atomic E-state index is 4.37. The molecule has 1 aromatic carbocycles. The number of fused-ring (bicyclic) bond motifs is 1. The van der Waals surface area contributed by atoms with Crippen molar-refractivity contribution in [3.05, 3.63) is 36.5 Å². The van der Waals surface area contributed by atoms with Crippen LogP contribution in [0, 0.1) is 0 Å². The summed E-state index contributed by atoms with van der Waals surface area (Å²) in [6.45, 7) is 1.96. The molecular formula is C19H28N4S. The highest BCUT2D eigenvalue weighted by Gasteiger charge is 2.24. The third-order valence-electron chi connectivity index (χ3n) is 4.83.